The molecule has 0 saturated carbocycles. The number of rotatable bonds is 12. The number of morpholine rings is 1. The highest BCUT2D eigenvalue weighted by atomic mass is 32.1. The summed E-state index contributed by atoms with van der Waals surface area (Å²) in [6.45, 7) is -0.461. The predicted octanol–water partition coefficient (Wildman–Crippen LogP) is 7.55. The molecule has 8 aromatic rings. The molecule has 2 saturated heterocycles. The molecule has 6 atom stereocenters. The molecular weight excluding hydrogens is 935 g/mol. The number of aliphatic hydroxyl groups is 1. The molecule has 0 bridgehead atoms. The number of hydrogen-bond acceptors (Lipinski definition) is 14. The molecule has 0 aliphatic carbocycles. The van der Waals surface area contributed by atoms with Crippen LogP contribution < -0.4 is 15.0 Å². The second-order valence-corrected chi connectivity index (χ2v) is 18.4. The Hall–Kier alpha value is -8.27. The Morgan fingerprint density at radius 1 is 0.819 bits per heavy atom. The normalized spacial score (nSPS) is 21.2. The number of fused-ring (bicyclic) bond motifs is 5. The van der Waals surface area contributed by atoms with Gasteiger partial charge in [-0.1, -0.05) is 132 Å². The number of aromatic nitrogens is 4. The summed E-state index contributed by atoms with van der Waals surface area (Å²) < 4.78 is 26.4. The number of nitrogens with zero attached hydrogens (tertiary/aromatic N) is 6. The lowest BCUT2D eigenvalue weighted by atomic mass is 9.65. The van der Waals surface area contributed by atoms with Crippen LogP contribution in [0, 0.1) is 17.8 Å². The van der Waals surface area contributed by atoms with Crippen molar-refractivity contribution in [2.24, 2.45) is 5.92 Å². The SMILES string of the molecule is COCCOC(=O)N1C(=O)C2(c3cc(C#CCn4nnc5ccccc54)ccc31)C(C(=O)Nc1nc3ccccc3s1)C1C(=O)OC(c3ccccc3)C(c3ccccc3)N1C2c1ccccc1OCCO. The first-order valence-electron chi connectivity index (χ1n) is 23.3. The first kappa shape index (κ1) is 46.1. The summed E-state index contributed by atoms with van der Waals surface area (Å²) in [7, 11) is 1.46. The van der Waals surface area contributed by atoms with Gasteiger partial charge < -0.3 is 29.4 Å². The number of hydrogen-bond donors (Lipinski definition) is 2. The number of carbonyl (C=O) groups excluding carboxylic acids is 4. The molecule has 3 aliphatic heterocycles. The van der Waals surface area contributed by atoms with Crippen molar-refractivity contribution in [2.75, 3.05) is 43.8 Å². The molecule has 72 heavy (non-hydrogen) atoms. The van der Waals surface area contributed by atoms with Crippen LogP contribution in [-0.2, 0) is 40.6 Å². The first-order chi connectivity index (χ1) is 35.3. The summed E-state index contributed by atoms with van der Waals surface area (Å²) >= 11 is 1.24. The Morgan fingerprint density at radius 2 is 1.54 bits per heavy atom. The number of ether oxygens (including phenoxy) is 4. The zero-order valence-electron chi connectivity index (χ0n) is 38.7. The maximum Gasteiger partial charge on any atom is 0.421 e. The molecule has 2 fully saturated rings. The largest absolute Gasteiger partial charge is 0.491 e. The van der Waals surface area contributed by atoms with E-state index in [0.717, 1.165) is 15.1 Å². The third-order valence-corrected chi connectivity index (χ3v) is 14.4. The number of carbonyl (C=O) groups is 4. The molecule has 2 N–H and O–H groups in total. The summed E-state index contributed by atoms with van der Waals surface area (Å²) in [6.07, 6.45) is -1.99. The maximum absolute atomic E-state index is 16.6. The van der Waals surface area contributed by atoms with E-state index in [2.05, 4.69) is 27.5 Å². The summed E-state index contributed by atoms with van der Waals surface area (Å²) in [5.41, 5.74) is 2.53. The molecule has 1 spiro atoms. The lowest BCUT2D eigenvalue weighted by Crippen LogP contribution is -2.54. The third kappa shape index (κ3) is 7.90. The van der Waals surface area contributed by atoms with E-state index in [9.17, 15) is 9.90 Å². The molecule has 16 nitrogen and oxygen atoms in total. The standard InChI is InChI=1S/C55H45N7O9S/c1-68-31-32-70-54(67)61-41-27-26-34(15-14-28-60-42-23-11-9-21-39(42)58-59-60)33-38(41)55(52(61)66)45(50(64)57-53-56-40-22-10-13-25-44(40)72-53)47-51(65)71-48(36-18-6-3-7-19-36)46(35-16-4-2-5-17-35)62(47)49(55)37-20-8-12-24-43(37)69-30-29-63/h2-13,16-27,33,45-49,63H,28-32H2,1H3,(H,56,57,64). The van der Waals surface area contributed by atoms with Crippen LogP contribution in [-0.4, -0.2) is 93.4 Å². The summed E-state index contributed by atoms with van der Waals surface area (Å²) in [5.74, 6) is 2.74. The highest BCUT2D eigenvalue weighted by Crippen LogP contribution is 2.67. The minimum absolute atomic E-state index is 0.0358. The minimum atomic E-state index is -2.16. The molecule has 5 heterocycles. The molecule has 6 aromatic carbocycles. The van der Waals surface area contributed by atoms with Crippen molar-refractivity contribution < 1.29 is 43.2 Å². The van der Waals surface area contributed by atoms with E-state index in [4.69, 9.17) is 23.9 Å². The highest BCUT2D eigenvalue weighted by Gasteiger charge is 2.76. The third-order valence-electron chi connectivity index (χ3n) is 13.4. The van der Waals surface area contributed by atoms with Crippen molar-refractivity contribution in [3.05, 3.63) is 179 Å². The van der Waals surface area contributed by atoms with Gasteiger partial charge in [0.15, 0.2) is 5.13 Å². The number of methoxy groups -OCH3 is 1. The van der Waals surface area contributed by atoms with E-state index in [-0.39, 0.29) is 55.1 Å². The van der Waals surface area contributed by atoms with Gasteiger partial charge in [0.1, 0.15) is 48.6 Å². The molecule has 360 valence electrons. The van der Waals surface area contributed by atoms with Crippen LogP contribution in [0.15, 0.2) is 152 Å². The number of amides is 3. The molecule has 11 rings (SSSR count). The second kappa shape index (κ2) is 19.5. The van der Waals surface area contributed by atoms with Crippen molar-refractivity contribution in [2.45, 2.75) is 36.2 Å². The Kier molecular flexibility index (Phi) is 12.5. The fraction of sp³-hybridized carbons (Fsp3) is 0.218. The lowest BCUT2D eigenvalue weighted by molar-refractivity contribution is -0.177. The zero-order chi connectivity index (χ0) is 49.3. The number of nitrogens with one attached hydrogen (secondary N) is 1. The number of para-hydroxylation sites is 3. The minimum Gasteiger partial charge on any atom is -0.491 e. The molecule has 0 radical (unpaired) electrons. The number of cyclic esters (lactones) is 1. The van der Waals surface area contributed by atoms with Crippen LogP contribution in [0.25, 0.3) is 21.3 Å². The van der Waals surface area contributed by atoms with Crippen molar-refractivity contribution >= 4 is 67.3 Å². The van der Waals surface area contributed by atoms with Crippen molar-refractivity contribution in [1.82, 2.24) is 24.9 Å². The van der Waals surface area contributed by atoms with Crippen molar-refractivity contribution in [3.8, 4) is 17.6 Å². The first-order valence-corrected chi connectivity index (χ1v) is 24.1. The van der Waals surface area contributed by atoms with Crippen LogP contribution in [0.2, 0.25) is 0 Å². The van der Waals surface area contributed by atoms with Gasteiger partial charge in [0.25, 0.3) is 0 Å². The van der Waals surface area contributed by atoms with Gasteiger partial charge in [-0.15, -0.1) is 5.10 Å². The van der Waals surface area contributed by atoms with E-state index < -0.39 is 59.4 Å². The van der Waals surface area contributed by atoms with Crippen molar-refractivity contribution in [3.63, 3.8) is 0 Å². The van der Waals surface area contributed by atoms with Gasteiger partial charge in [-0.3, -0.25) is 19.3 Å². The Balaban J connectivity index is 1.19. The van der Waals surface area contributed by atoms with E-state index in [1.54, 1.807) is 47.1 Å². The van der Waals surface area contributed by atoms with Gasteiger partial charge in [-0.05, 0) is 65.2 Å². The van der Waals surface area contributed by atoms with E-state index in [0.29, 0.717) is 33.3 Å². The van der Waals surface area contributed by atoms with Crippen LogP contribution >= 0.6 is 11.3 Å². The topological polar surface area (TPSA) is 188 Å². The fourth-order valence-electron chi connectivity index (χ4n) is 10.6. The van der Waals surface area contributed by atoms with E-state index in [1.165, 1.54) is 18.4 Å². The summed E-state index contributed by atoms with van der Waals surface area (Å²) in [5, 5.41) is 22.0. The summed E-state index contributed by atoms with van der Waals surface area (Å²) in [4.78, 5) is 70.5. The molecular formula is C55H45N7O9S. The number of aliphatic hydroxyl groups excluding tert-OH is 1. The van der Waals surface area contributed by atoms with Gasteiger partial charge in [0, 0.05) is 18.2 Å². The number of anilines is 2. The number of imide groups is 1. The number of thiazole rings is 1. The quantitative estimate of drug-likeness (QED) is 0.0695. The molecule has 2 aromatic heterocycles. The smallest absolute Gasteiger partial charge is 0.421 e. The number of esters is 1. The lowest BCUT2D eigenvalue weighted by Gasteiger charge is -2.46. The average Bonchev–Trinajstić information content (AvgIpc) is 4.16. The van der Waals surface area contributed by atoms with Crippen LogP contribution in [0.3, 0.4) is 0 Å². The molecule has 3 amide bonds. The molecule has 17 heteroatoms. The van der Waals surface area contributed by atoms with Gasteiger partial charge >= 0.3 is 12.1 Å². The molecule has 3 aliphatic rings. The van der Waals surface area contributed by atoms with Crippen LogP contribution in [0.4, 0.5) is 15.6 Å². The Labute approximate surface area is 416 Å². The second-order valence-electron chi connectivity index (χ2n) is 17.4. The Bertz CT molecular complexity index is 3400. The van der Waals surface area contributed by atoms with Gasteiger partial charge in [0.2, 0.25) is 11.8 Å². The highest BCUT2D eigenvalue weighted by molar-refractivity contribution is 7.22. The Morgan fingerprint density at radius 3 is 2.32 bits per heavy atom. The van der Waals surface area contributed by atoms with Crippen molar-refractivity contribution in [1.29, 1.82) is 0 Å². The zero-order valence-corrected chi connectivity index (χ0v) is 39.5. The number of benzene rings is 6. The molecule has 6 unspecified atom stereocenters. The van der Waals surface area contributed by atoms with Crippen LogP contribution in [0.5, 0.6) is 5.75 Å². The van der Waals surface area contributed by atoms with E-state index in [1.807, 2.05) is 114 Å². The van der Waals surface area contributed by atoms with Gasteiger partial charge in [0.05, 0.1) is 52.6 Å². The van der Waals surface area contributed by atoms with Crippen LogP contribution in [0.1, 0.15) is 46.0 Å². The fourth-order valence-corrected chi connectivity index (χ4v) is 11.4. The van der Waals surface area contributed by atoms with E-state index >= 15 is 14.4 Å². The van der Waals surface area contributed by atoms with Gasteiger partial charge in [-0.25, -0.2) is 19.4 Å². The average molecular weight is 980 g/mol. The van der Waals surface area contributed by atoms with Gasteiger partial charge in [-0.2, -0.15) is 0 Å². The summed E-state index contributed by atoms with van der Waals surface area (Å²) in [6, 6.07) is 42.1. The monoisotopic (exact) mass is 979 g/mol. The predicted molar refractivity (Wildman–Crippen MR) is 267 cm³/mol. The maximum atomic E-state index is 16.6.